The number of ether oxygens (including phenoxy) is 3. The van der Waals surface area contributed by atoms with Crippen molar-refractivity contribution in [3.05, 3.63) is 24.3 Å². The van der Waals surface area contributed by atoms with Gasteiger partial charge in [-0.15, -0.1) is 0 Å². The third kappa shape index (κ3) is 10.4. The third-order valence-corrected chi connectivity index (χ3v) is 1.91. The van der Waals surface area contributed by atoms with Crippen molar-refractivity contribution in [3.8, 4) is 5.75 Å². The fourth-order valence-electron chi connectivity index (χ4n) is 1.16. The average Bonchev–Trinajstić information content (AvgIpc) is 2.44. The summed E-state index contributed by atoms with van der Waals surface area (Å²) >= 11 is 0. The Kier molecular flexibility index (Phi) is 12.4. The summed E-state index contributed by atoms with van der Waals surface area (Å²) in [5, 5.41) is 0. The van der Waals surface area contributed by atoms with Gasteiger partial charge >= 0.3 is 0 Å². The van der Waals surface area contributed by atoms with Gasteiger partial charge in [-0.3, -0.25) is 0 Å². The summed E-state index contributed by atoms with van der Waals surface area (Å²) in [7, 11) is 0. The first-order valence-electron chi connectivity index (χ1n) is 6.72. The SMILES string of the molecule is CC.CCCOCCOCCOc1ccnc(F)c1. The molecule has 0 fully saturated rings. The lowest BCUT2D eigenvalue weighted by Crippen LogP contribution is -2.11. The van der Waals surface area contributed by atoms with Gasteiger partial charge in [0.2, 0.25) is 5.95 Å². The smallest absolute Gasteiger partial charge is 0.216 e. The minimum Gasteiger partial charge on any atom is -0.491 e. The standard InChI is InChI=1S/C12H18FNO3.C2H6/c1-2-5-15-6-7-16-8-9-17-11-3-4-14-12(13)10-11;1-2/h3-4,10H,2,5-9H2,1H3;1-2H3. The first-order valence-corrected chi connectivity index (χ1v) is 6.72. The van der Waals surface area contributed by atoms with Gasteiger partial charge in [0.15, 0.2) is 0 Å². The molecule has 5 heteroatoms. The maximum absolute atomic E-state index is 12.7. The van der Waals surface area contributed by atoms with Crippen molar-refractivity contribution in [1.29, 1.82) is 0 Å². The summed E-state index contributed by atoms with van der Waals surface area (Å²) in [5.41, 5.74) is 0. The van der Waals surface area contributed by atoms with Gasteiger partial charge < -0.3 is 14.2 Å². The van der Waals surface area contributed by atoms with Crippen LogP contribution in [0.25, 0.3) is 0 Å². The molecule has 0 aliphatic carbocycles. The Morgan fingerprint density at radius 3 is 2.32 bits per heavy atom. The molecule has 0 saturated heterocycles. The highest BCUT2D eigenvalue weighted by atomic mass is 19.1. The van der Waals surface area contributed by atoms with Crippen molar-refractivity contribution in [2.75, 3.05) is 33.0 Å². The summed E-state index contributed by atoms with van der Waals surface area (Å²) in [6, 6.07) is 2.85. The highest BCUT2D eigenvalue weighted by Gasteiger charge is 1.96. The van der Waals surface area contributed by atoms with Crippen LogP contribution in [0.15, 0.2) is 18.3 Å². The molecule has 0 radical (unpaired) electrons. The van der Waals surface area contributed by atoms with E-state index < -0.39 is 5.95 Å². The summed E-state index contributed by atoms with van der Waals surface area (Å²) in [6.45, 7) is 8.81. The Balaban J connectivity index is 0.00000154. The van der Waals surface area contributed by atoms with Crippen LogP contribution in [0.4, 0.5) is 4.39 Å². The highest BCUT2D eigenvalue weighted by Crippen LogP contribution is 2.09. The molecule has 0 bridgehead atoms. The molecule has 0 spiro atoms. The van der Waals surface area contributed by atoms with Crippen molar-refractivity contribution in [2.24, 2.45) is 0 Å². The molecule has 110 valence electrons. The Morgan fingerprint density at radius 1 is 1.05 bits per heavy atom. The maximum atomic E-state index is 12.7. The van der Waals surface area contributed by atoms with Crippen LogP contribution < -0.4 is 4.74 Å². The summed E-state index contributed by atoms with van der Waals surface area (Å²) in [6.07, 6.45) is 2.38. The molecular formula is C14H24FNO3. The van der Waals surface area contributed by atoms with Gasteiger partial charge in [0, 0.05) is 18.9 Å². The molecule has 1 aromatic heterocycles. The molecule has 0 atom stereocenters. The van der Waals surface area contributed by atoms with Crippen molar-refractivity contribution in [3.63, 3.8) is 0 Å². The molecule has 0 aliphatic heterocycles. The van der Waals surface area contributed by atoms with Crippen LogP contribution in [0, 0.1) is 5.95 Å². The predicted molar refractivity (Wildman–Crippen MR) is 73.0 cm³/mol. The molecule has 0 aliphatic rings. The Morgan fingerprint density at radius 2 is 1.68 bits per heavy atom. The van der Waals surface area contributed by atoms with Crippen molar-refractivity contribution in [1.82, 2.24) is 4.98 Å². The molecule has 0 amide bonds. The quantitative estimate of drug-likeness (QED) is 0.512. The molecule has 1 aromatic rings. The van der Waals surface area contributed by atoms with Gasteiger partial charge in [0.1, 0.15) is 12.4 Å². The van der Waals surface area contributed by atoms with Crippen LogP contribution in [0.3, 0.4) is 0 Å². The molecule has 0 saturated carbocycles. The number of halogens is 1. The minimum atomic E-state index is -0.545. The van der Waals surface area contributed by atoms with E-state index in [1.54, 1.807) is 6.07 Å². The van der Waals surface area contributed by atoms with E-state index in [4.69, 9.17) is 14.2 Å². The van der Waals surface area contributed by atoms with E-state index in [9.17, 15) is 4.39 Å². The van der Waals surface area contributed by atoms with E-state index in [-0.39, 0.29) is 0 Å². The van der Waals surface area contributed by atoms with Crippen LogP contribution in [0.5, 0.6) is 5.75 Å². The van der Waals surface area contributed by atoms with E-state index in [0.29, 0.717) is 32.2 Å². The lowest BCUT2D eigenvalue weighted by atomic mass is 10.4. The van der Waals surface area contributed by atoms with Crippen LogP contribution in [-0.4, -0.2) is 38.0 Å². The van der Waals surface area contributed by atoms with Gasteiger partial charge in [-0.1, -0.05) is 20.8 Å². The van der Waals surface area contributed by atoms with E-state index in [2.05, 4.69) is 11.9 Å². The lowest BCUT2D eigenvalue weighted by molar-refractivity contribution is 0.0365. The highest BCUT2D eigenvalue weighted by molar-refractivity contribution is 5.17. The molecule has 0 unspecified atom stereocenters. The topological polar surface area (TPSA) is 40.6 Å². The number of pyridine rings is 1. The zero-order chi connectivity index (χ0) is 14.3. The molecular weight excluding hydrogens is 249 g/mol. The fourth-order valence-corrected chi connectivity index (χ4v) is 1.16. The van der Waals surface area contributed by atoms with Gasteiger partial charge in [-0.25, -0.2) is 4.98 Å². The molecule has 4 nitrogen and oxygen atoms in total. The Labute approximate surface area is 114 Å². The minimum absolute atomic E-state index is 0.386. The van der Waals surface area contributed by atoms with Crippen molar-refractivity contribution in [2.45, 2.75) is 27.2 Å². The van der Waals surface area contributed by atoms with E-state index >= 15 is 0 Å². The first-order chi connectivity index (χ1) is 9.33. The second-order valence-corrected chi connectivity index (χ2v) is 3.39. The normalized spacial score (nSPS) is 9.68. The van der Waals surface area contributed by atoms with E-state index in [0.717, 1.165) is 13.0 Å². The summed E-state index contributed by atoms with van der Waals surface area (Å²) < 4.78 is 28.5. The van der Waals surface area contributed by atoms with Gasteiger partial charge in [-0.2, -0.15) is 4.39 Å². The van der Waals surface area contributed by atoms with E-state index in [1.165, 1.54) is 12.3 Å². The van der Waals surface area contributed by atoms with Crippen molar-refractivity contribution < 1.29 is 18.6 Å². The molecule has 19 heavy (non-hydrogen) atoms. The monoisotopic (exact) mass is 273 g/mol. The van der Waals surface area contributed by atoms with Gasteiger partial charge in [0.05, 0.1) is 19.8 Å². The third-order valence-electron chi connectivity index (χ3n) is 1.91. The Hall–Kier alpha value is -1.20. The fraction of sp³-hybridized carbons (Fsp3) is 0.643. The van der Waals surface area contributed by atoms with Crippen LogP contribution in [-0.2, 0) is 9.47 Å². The molecule has 1 rings (SSSR count). The number of rotatable bonds is 9. The molecule has 1 heterocycles. The summed E-state index contributed by atoms with van der Waals surface area (Å²) in [5.74, 6) is -0.0836. The van der Waals surface area contributed by atoms with Crippen LogP contribution in [0.2, 0.25) is 0 Å². The van der Waals surface area contributed by atoms with Gasteiger partial charge in [-0.05, 0) is 12.5 Å². The predicted octanol–water partition coefficient (Wildman–Crippen LogP) is 3.07. The second-order valence-electron chi connectivity index (χ2n) is 3.39. The number of nitrogens with zero attached hydrogens (tertiary/aromatic N) is 1. The van der Waals surface area contributed by atoms with Gasteiger partial charge in [0.25, 0.3) is 0 Å². The van der Waals surface area contributed by atoms with Crippen LogP contribution in [0.1, 0.15) is 27.2 Å². The zero-order valence-corrected chi connectivity index (χ0v) is 12.0. The second kappa shape index (κ2) is 13.2. The summed E-state index contributed by atoms with van der Waals surface area (Å²) in [4.78, 5) is 3.43. The molecule has 0 N–H and O–H groups in total. The Bertz CT molecular complexity index is 310. The van der Waals surface area contributed by atoms with Crippen molar-refractivity contribution >= 4 is 0 Å². The number of hydrogen-bond donors (Lipinski definition) is 0. The number of aromatic nitrogens is 1. The van der Waals surface area contributed by atoms with E-state index in [1.807, 2.05) is 13.8 Å². The zero-order valence-electron chi connectivity index (χ0n) is 12.0. The largest absolute Gasteiger partial charge is 0.491 e. The van der Waals surface area contributed by atoms with Crippen LogP contribution >= 0.6 is 0 Å². The number of hydrogen-bond acceptors (Lipinski definition) is 4. The lowest BCUT2D eigenvalue weighted by Gasteiger charge is -2.07. The first kappa shape index (κ1) is 17.8. The maximum Gasteiger partial charge on any atom is 0.216 e. The molecule has 0 aromatic carbocycles. The average molecular weight is 273 g/mol.